The standard InChI is InChI=1S/C20H17BrN4O2S/c1-27-20(26)15-16(19-24-23-18(28-19)9-2-3-9)25-12-6-10(7-12)13-5-4-11(21)8-14(13)17(25)22-15/h4-5,8-10,12H,2-3,6-7H2,1H3. The normalized spacial score (nSPS) is 22.1. The van der Waals surface area contributed by atoms with E-state index in [-0.39, 0.29) is 0 Å². The number of rotatable bonds is 3. The fourth-order valence-electron chi connectivity index (χ4n) is 4.38. The molecule has 0 N–H and O–H groups in total. The minimum atomic E-state index is -0.425. The number of ether oxygens (including phenoxy) is 1. The van der Waals surface area contributed by atoms with E-state index in [1.807, 2.05) is 0 Å². The second-order valence-electron chi connectivity index (χ2n) is 7.77. The third kappa shape index (κ3) is 2.37. The summed E-state index contributed by atoms with van der Waals surface area (Å²) in [5, 5.41) is 10.7. The summed E-state index contributed by atoms with van der Waals surface area (Å²) in [4.78, 5) is 17.4. The molecule has 8 heteroatoms. The fourth-order valence-corrected chi connectivity index (χ4v) is 5.79. The van der Waals surface area contributed by atoms with E-state index in [2.05, 4.69) is 48.9 Å². The van der Waals surface area contributed by atoms with Gasteiger partial charge in [0.25, 0.3) is 0 Å². The minimum Gasteiger partial charge on any atom is -0.464 e. The molecule has 0 atom stereocenters. The molecule has 0 amide bonds. The predicted molar refractivity (Wildman–Crippen MR) is 109 cm³/mol. The lowest BCUT2D eigenvalue weighted by molar-refractivity contribution is 0.0595. The van der Waals surface area contributed by atoms with Crippen molar-refractivity contribution in [3.05, 3.63) is 38.9 Å². The van der Waals surface area contributed by atoms with E-state index in [1.165, 1.54) is 25.5 Å². The van der Waals surface area contributed by atoms with Gasteiger partial charge in [-0.15, -0.1) is 10.2 Å². The number of hydrogen-bond acceptors (Lipinski definition) is 6. The van der Waals surface area contributed by atoms with Crippen molar-refractivity contribution in [3.63, 3.8) is 0 Å². The molecule has 0 radical (unpaired) electrons. The molecule has 1 aromatic carbocycles. The van der Waals surface area contributed by atoms with Crippen LogP contribution in [0.25, 0.3) is 22.1 Å². The summed E-state index contributed by atoms with van der Waals surface area (Å²) in [6, 6.07) is 6.69. The number of imidazole rings is 1. The number of methoxy groups -OCH3 is 1. The van der Waals surface area contributed by atoms with Crippen molar-refractivity contribution in [2.45, 2.75) is 43.6 Å². The van der Waals surface area contributed by atoms with Gasteiger partial charge in [0.2, 0.25) is 0 Å². The Morgan fingerprint density at radius 3 is 2.82 bits per heavy atom. The number of carbonyl (C=O) groups excluding carboxylic acids is 1. The first-order valence-electron chi connectivity index (χ1n) is 9.48. The fraction of sp³-hybridized carbons (Fsp3) is 0.400. The van der Waals surface area contributed by atoms with E-state index in [9.17, 15) is 4.79 Å². The van der Waals surface area contributed by atoms with Gasteiger partial charge in [0.05, 0.1) is 7.11 Å². The number of halogens is 1. The Bertz CT molecular complexity index is 1130. The van der Waals surface area contributed by atoms with Crippen LogP contribution in [0.4, 0.5) is 0 Å². The second-order valence-corrected chi connectivity index (χ2v) is 9.69. The van der Waals surface area contributed by atoms with E-state index in [4.69, 9.17) is 9.72 Å². The quantitative estimate of drug-likeness (QED) is 0.522. The molecule has 3 aromatic rings. The van der Waals surface area contributed by atoms with Crippen molar-refractivity contribution in [1.29, 1.82) is 0 Å². The highest BCUT2D eigenvalue weighted by Crippen LogP contribution is 2.54. The maximum atomic E-state index is 12.6. The average Bonchev–Trinajstić information content (AvgIpc) is 3.33. The van der Waals surface area contributed by atoms with E-state index >= 15 is 0 Å². The molecular formula is C20H17BrN4O2S. The van der Waals surface area contributed by atoms with Crippen LogP contribution in [0.2, 0.25) is 0 Å². The summed E-state index contributed by atoms with van der Waals surface area (Å²) in [7, 11) is 1.40. The molecule has 0 saturated heterocycles. The lowest BCUT2D eigenvalue weighted by Crippen LogP contribution is -2.24. The SMILES string of the molecule is COC(=O)c1nc2n(c1-c1nnc(C3CC3)s1)C1CC(C1)c1ccc(Br)cc1-2. The average molecular weight is 457 g/mol. The summed E-state index contributed by atoms with van der Waals surface area (Å²) in [6.07, 6.45) is 4.46. The minimum absolute atomic E-state index is 0.320. The largest absolute Gasteiger partial charge is 0.464 e. The van der Waals surface area contributed by atoms with Crippen LogP contribution in [0.1, 0.15) is 64.6 Å². The van der Waals surface area contributed by atoms with Crippen molar-refractivity contribution >= 4 is 33.2 Å². The first-order valence-corrected chi connectivity index (χ1v) is 11.1. The van der Waals surface area contributed by atoms with Gasteiger partial charge in [0, 0.05) is 22.0 Å². The summed E-state index contributed by atoms with van der Waals surface area (Å²) in [6.45, 7) is 0. The van der Waals surface area contributed by atoms with Crippen LogP contribution in [0.5, 0.6) is 0 Å². The van der Waals surface area contributed by atoms with Crippen molar-refractivity contribution in [2.75, 3.05) is 7.11 Å². The van der Waals surface area contributed by atoms with Gasteiger partial charge >= 0.3 is 5.97 Å². The first kappa shape index (κ1) is 16.9. The Balaban J connectivity index is 1.62. The zero-order chi connectivity index (χ0) is 19.0. The van der Waals surface area contributed by atoms with Crippen LogP contribution in [-0.2, 0) is 4.74 Å². The van der Waals surface area contributed by atoms with Crippen LogP contribution >= 0.6 is 27.3 Å². The van der Waals surface area contributed by atoms with Crippen LogP contribution in [0.15, 0.2) is 22.7 Å². The number of carbonyl (C=O) groups is 1. The van der Waals surface area contributed by atoms with Crippen LogP contribution < -0.4 is 0 Å². The molecule has 28 heavy (non-hydrogen) atoms. The molecule has 2 fully saturated rings. The van der Waals surface area contributed by atoms with E-state index in [0.29, 0.717) is 23.6 Å². The molecular weight excluding hydrogens is 440 g/mol. The zero-order valence-electron chi connectivity index (χ0n) is 15.2. The van der Waals surface area contributed by atoms with E-state index < -0.39 is 5.97 Å². The molecule has 2 bridgehead atoms. The third-order valence-electron chi connectivity index (χ3n) is 6.03. The maximum Gasteiger partial charge on any atom is 0.359 e. The highest BCUT2D eigenvalue weighted by Gasteiger charge is 2.42. The molecule has 4 heterocycles. The molecule has 0 spiro atoms. The van der Waals surface area contributed by atoms with Crippen molar-refractivity contribution in [1.82, 2.24) is 19.7 Å². The van der Waals surface area contributed by atoms with E-state index in [0.717, 1.165) is 44.4 Å². The Hall–Kier alpha value is -2.06. The highest BCUT2D eigenvalue weighted by atomic mass is 79.9. The molecule has 2 aliphatic carbocycles. The van der Waals surface area contributed by atoms with Crippen molar-refractivity contribution < 1.29 is 9.53 Å². The van der Waals surface area contributed by atoms with Crippen LogP contribution in [0, 0.1) is 0 Å². The molecule has 0 unspecified atom stereocenters. The van der Waals surface area contributed by atoms with E-state index in [1.54, 1.807) is 11.3 Å². The predicted octanol–water partition coefficient (Wildman–Crippen LogP) is 4.93. The summed E-state index contributed by atoms with van der Waals surface area (Å²) in [5.74, 6) is 1.48. The van der Waals surface area contributed by atoms with Gasteiger partial charge < -0.3 is 9.30 Å². The molecule has 7 rings (SSSR count). The van der Waals surface area contributed by atoms with Gasteiger partial charge in [0.1, 0.15) is 16.5 Å². The summed E-state index contributed by atoms with van der Waals surface area (Å²) >= 11 is 5.18. The molecule has 4 aliphatic rings. The number of aromatic nitrogens is 4. The maximum absolute atomic E-state index is 12.6. The van der Waals surface area contributed by atoms with Gasteiger partial charge in [-0.2, -0.15) is 0 Å². The van der Waals surface area contributed by atoms with Gasteiger partial charge in [0.15, 0.2) is 10.7 Å². The molecule has 6 nitrogen and oxygen atoms in total. The Morgan fingerprint density at radius 2 is 2.07 bits per heavy atom. The monoisotopic (exact) mass is 456 g/mol. The lowest BCUT2D eigenvalue weighted by Gasteiger charge is -2.35. The number of hydrogen-bond donors (Lipinski definition) is 0. The van der Waals surface area contributed by atoms with Gasteiger partial charge in [-0.25, -0.2) is 9.78 Å². The topological polar surface area (TPSA) is 69.9 Å². The number of esters is 1. The smallest absolute Gasteiger partial charge is 0.359 e. The van der Waals surface area contributed by atoms with Gasteiger partial charge in [-0.1, -0.05) is 33.3 Å². The van der Waals surface area contributed by atoms with Crippen LogP contribution in [-0.4, -0.2) is 32.8 Å². The second kappa shape index (κ2) is 5.97. The van der Waals surface area contributed by atoms with Gasteiger partial charge in [-0.05, 0) is 49.3 Å². The van der Waals surface area contributed by atoms with Gasteiger partial charge in [-0.3, -0.25) is 0 Å². The summed E-state index contributed by atoms with van der Waals surface area (Å²) in [5.41, 5.74) is 3.50. The van der Waals surface area contributed by atoms with Crippen LogP contribution in [0.3, 0.4) is 0 Å². The van der Waals surface area contributed by atoms with Crippen molar-refractivity contribution in [3.8, 4) is 22.1 Å². The Kier molecular flexibility index (Phi) is 3.59. The first-order chi connectivity index (χ1) is 13.6. The summed E-state index contributed by atoms with van der Waals surface area (Å²) < 4.78 is 8.29. The zero-order valence-corrected chi connectivity index (χ0v) is 17.6. The highest BCUT2D eigenvalue weighted by molar-refractivity contribution is 9.10. The Labute approximate surface area is 174 Å². The molecule has 142 valence electrons. The van der Waals surface area contributed by atoms with Crippen molar-refractivity contribution in [2.24, 2.45) is 0 Å². The molecule has 2 aliphatic heterocycles. The molecule has 2 saturated carbocycles. The third-order valence-corrected chi connectivity index (χ3v) is 7.62. The lowest BCUT2D eigenvalue weighted by atomic mass is 9.75. The Morgan fingerprint density at radius 1 is 1.25 bits per heavy atom. The molecule has 2 aromatic heterocycles. The number of nitrogens with zero attached hydrogens (tertiary/aromatic N) is 4. The number of benzene rings is 1.